The van der Waals surface area contributed by atoms with E-state index in [1.807, 2.05) is 35.7 Å². The fraction of sp³-hybridized carbons (Fsp3) is 0.389. The van der Waals surface area contributed by atoms with Crippen molar-refractivity contribution in [3.63, 3.8) is 0 Å². The number of nitrogens with zero attached hydrogens (tertiary/aromatic N) is 1. The van der Waals surface area contributed by atoms with Crippen molar-refractivity contribution in [2.24, 2.45) is 0 Å². The lowest BCUT2D eigenvalue weighted by molar-refractivity contribution is 0.0909. The third-order valence-corrected chi connectivity index (χ3v) is 6.32. The molecule has 1 N–H and O–H groups in total. The van der Waals surface area contributed by atoms with Crippen molar-refractivity contribution in [2.75, 3.05) is 26.2 Å². The van der Waals surface area contributed by atoms with Gasteiger partial charge < -0.3 is 10.1 Å². The van der Waals surface area contributed by atoms with Crippen LogP contribution in [0.25, 0.3) is 0 Å². The number of benzene rings is 1. The molecule has 7 heteroatoms. The summed E-state index contributed by atoms with van der Waals surface area (Å²) < 4.78 is 6.61. The van der Waals surface area contributed by atoms with E-state index in [2.05, 4.69) is 26.1 Å². The molecular weight excluding hydrogens is 424 g/mol. The molecule has 0 atom stereocenters. The lowest BCUT2D eigenvalue weighted by Gasteiger charge is -2.32. The number of halogens is 2. The van der Waals surface area contributed by atoms with Crippen LogP contribution in [0.1, 0.15) is 22.5 Å². The van der Waals surface area contributed by atoms with Crippen molar-refractivity contribution in [1.29, 1.82) is 0 Å². The molecule has 1 aromatic heterocycles. The van der Waals surface area contributed by atoms with Gasteiger partial charge in [0.05, 0.1) is 0 Å². The Morgan fingerprint density at radius 1 is 1.28 bits per heavy atom. The Kier molecular flexibility index (Phi) is 6.76. The first-order valence-corrected chi connectivity index (χ1v) is 10.3. The Morgan fingerprint density at radius 2 is 2.00 bits per heavy atom. The lowest BCUT2D eigenvalue weighted by atomic mass is 10.1. The van der Waals surface area contributed by atoms with Gasteiger partial charge in [-0.1, -0.05) is 11.6 Å². The van der Waals surface area contributed by atoms with Crippen LogP contribution < -0.4 is 10.1 Å². The molecule has 2 aromatic rings. The van der Waals surface area contributed by atoms with Gasteiger partial charge in [-0.3, -0.25) is 9.69 Å². The zero-order valence-electron chi connectivity index (χ0n) is 13.7. The van der Waals surface area contributed by atoms with E-state index in [1.165, 1.54) is 11.3 Å². The molecule has 4 nitrogen and oxygen atoms in total. The number of hydrogen-bond donors (Lipinski definition) is 1. The van der Waals surface area contributed by atoms with Crippen LogP contribution in [-0.2, 0) is 0 Å². The van der Waals surface area contributed by atoms with Gasteiger partial charge in [0.1, 0.15) is 17.2 Å². The standard InChI is InChI=1S/C18H20BrClN2O2S/c19-16-7-12-25-17(16)18(23)21-14-5-8-22(9-6-14)10-11-24-15-3-1-13(20)2-4-15/h1-4,7,12,14H,5-6,8-11H2,(H,21,23). The fourth-order valence-electron chi connectivity index (χ4n) is 2.83. The van der Waals surface area contributed by atoms with Gasteiger partial charge in [-0.15, -0.1) is 11.3 Å². The Morgan fingerprint density at radius 3 is 2.64 bits per heavy atom. The second-order valence-electron chi connectivity index (χ2n) is 5.99. The summed E-state index contributed by atoms with van der Waals surface area (Å²) >= 11 is 10.7. The summed E-state index contributed by atoms with van der Waals surface area (Å²) in [7, 11) is 0. The second-order valence-corrected chi connectivity index (χ2v) is 8.20. The van der Waals surface area contributed by atoms with Crippen molar-refractivity contribution in [3.05, 3.63) is 50.1 Å². The average molecular weight is 444 g/mol. The van der Waals surface area contributed by atoms with E-state index < -0.39 is 0 Å². The number of amides is 1. The third-order valence-electron chi connectivity index (χ3n) is 4.24. The van der Waals surface area contributed by atoms with Gasteiger partial charge in [-0.2, -0.15) is 0 Å². The van der Waals surface area contributed by atoms with Gasteiger partial charge in [-0.05, 0) is 64.5 Å². The highest BCUT2D eigenvalue weighted by molar-refractivity contribution is 9.10. The lowest BCUT2D eigenvalue weighted by Crippen LogP contribution is -2.45. The zero-order valence-corrected chi connectivity index (χ0v) is 16.9. The Labute approximate surface area is 165 Å². The van der Waals surface area contributed by atoms with Crippen molar-refractivity contribution < 1.29 is 9.53 Å². The van der Waals surface area contributed by atoms with Crippen molar-refractivity contribution >= 4 is 44.8 Å². The summed E-state index contributed by atoms with van der Waals surface area (Å²) in [4.78, 5) is 15.4. The predicted octanol–water partition coefficient (Wildman–Crippen LogP) is 4.44. The molecule has 1 fully saturated rings. The number of ether oxygens (including phenoxy) is 1. The first-order chi connectivity index (χ1) is 12.1. The molecule has 1 amide bonds. The Hall–Kier alpha value is -1.08. The smallest absolute Gasteiger partial charge is 0.262 e. The largest absolute Gasteiger partial charge is 0.492 e. The molecular formula is C18H20BrClN2O2S. The van der Waals surface area contributed by atoms with Crippen LogP contribution in [0.3, 0.4) is 0 Å². The van der Waals surface area contributed by atoms with Crippen LogP contribution in [0.2, 0.25) is 5.02 Å². The highest BCUT2D eigenvalue weighted by Crippen LogP contribution is 2.23. The van der Waals surface area contributed by atoms with Crippen molar-refractivity contribution in [3.8, 4) is 5.75 Å². The molecule has 1 aliphatic rings. The maximum Gasteiger partial charge on any atom is 0.262 e. The maximum absolute atomic E-state index is 12.3. The van der Waals surface area contributed by atoms with Gasteiger partial charge in [0, 0.05) is 35.2 Å². The van der Waals surface area contributed by atoms with Crippen LogP contribution in [0.5, 0.6) is 5.75 Å². The number of nitrogens with one attached hydrogen (secondary N) is 1. The van der Waals surface area contributed by atoms with Gasteiger partial charge >= 0.3 is 0 Å². The van der Waals surface area contributed by atoms with E-state index in [1.54, 1.807) is 0 Å². The zero-order chi connectivity index (χ0) is 17.6. The molecule has 3 rings (SSSR count). The molecule has 0 saturated carbocycles. The number of carbonyl (C=O) groups excluding carboxylic acids is 1. The summed E-state index contributed by atoms with van der Waals surface area (Å²) in [6.07, 6.45) is 1.94. The van der Waals surface area contributed by atoms with Crippen molar-refractivity contribution in [2.45, 2.75) is 18.9 Å². The van der Waals surface area contributed by atoms with Crippen LogP contribution in [0, 0.1) is 0 Å². The average Bonchev–Trinajstić information content (AvgIpc) is 3.04. The Bertz CT molecular complexity index is 699. The number of rotatable bonds is 6. The minimum absolute atomic E-state index is 0.0198. The molecule has 0 radical (unpaired) electrons. The second kappa shape index (κ2) is 9.03. The number of carbonyl (C=O) groups is 1. The molecule has 0 unspecified atom stereocenters. The molecule has 0 spiro atoms. The minimum atomic E-state index is 0.0198. The number of piperidine rings is 1. The predicted molar refractivity (Wildman–Crippen MR) is 106 cm³/mol. The van der Waals surface area contributed by atoms with Gasteiger partial charge in [0.2, 0.25) is 0 Å². The van der Waals surface area contributed by atoms with Gasteiger partial charge in [0.15, 0.2) is 0 Å². The molecule has 0 bridgehead atoms. The van der Waals surface area contributed by atoms with E-state index in [-0.39, 0.29) is 11.9 Å². The summed E-state index contributed by atoms with van der Waals surface area (Å²) in [5.74, 6) is 0.861. The van der Waals surface area contributed by atoms with Gasteiger partial charge in [-0.25, -0.2) is 0 Å². The number of likely N-dealkylation sites (tertiary alicyclic amines) is 1. The van der Waals surface area contributed by atoms with Crippen molar-refractivity contribution in [1.82, 2.24) is 10.2 Å². The molecule has 134 valence electrons. The SMILES string of the molecule is O=C(NC1CCN(CCOc2ccc(Cl)cc2)CC1)c1sccc1Br. The summed E-state index contributed by atoms with van der Waals surface area (Å²) in [6, 6.07) is 9.58. The van der Waals surface area contributed by atoms with E-state index in [0.29, 0.717) is 11.6 Å². The monoisotopic (exact) mass is 442 g/mol. The van der Waals surface area contributed by atoms with E-state index in [4.69, 9.17) is 16.3 Å². The quantitative estimate of drug-likeness (QED) is 0.718. The molecule has 1 saturated heterocycles. The maximum atomic E-state index is 12.3. The summed E-state index contributed by atoms with van der Waals surface area (Å²) in [6.45, 7) is 3.49. The minimum Gasteiger partial charge on any atom is -0.492 e. The van der Waals surface area contributed by atoms with E-state index in [0.717, 1.165) is 47.6 Å². The van der Waals surface area contributed by atoms with Crippen LogP contribution in [0.4, 0.5) is 0 Å². The summed E-state index contributed by atoms with van der Waals surface area (Å²) in [5, 5.41) is 5.77. The highest BCUT2D eigenvalue weighted by atomic mass is 79.9. The Balaban J connectivity index is 1.36. The first kappa shape index (κ1) is 18.7. The normalized spacial score (nSPS) is 15.9. The number of hydrogen-bond acceptors (Lipinski definition) is 4. The van der Waals surface area contributed by atoms with E-state index in [9.17, 15) is 4.79 Å². The highest BCUT2D eigenvalue weighted by Gasteiger charge is 2.22. The molecule has 25 heavy (non-hydrogen) atoms. The number of thiophene rings is 1. The molecule has 0 aliphatic carbocycles. The van der Waals surface area contributed by atoms with Gasteiger partial charge in [0.25, 0.3) is 5.91 Å². The first-order valence-electron chi connectivity index (χ1n) is 8.26. The van der Waals surface area contributed by atoms with Crippen LogP contribution >= 0.6 is 38.9 Å². The topological polar surface area (TPSA) is 41.6 Å². The molecule has 2 heterocycles. The van der Waals surface area contributed by atoms with Crippen LogP contribution in [-0.4, -0.2) is 43.1 Å². The molecule has 1 aliphatic heterocycles. The third kappa shape index (κ3) is 5.45. The van der Waals surface area contributed by atoms with Crippen LogP contribution in [0.15, 0.2) is 40.2 Å². The van der Waals surface area contributed by atoms with E-state index >= 15 is 0 Å². The fourth-order valence-corrected chi connectivity index (χ4v) is 4.41. The summed E-state index contributed by atoms with van der Waals surface area (Å²) in [5.41, 5.74) is 0. The molecule has 1 aromatic carbocycles.